The summed E-state index contributed by atoms with van der Waals surface area (Å²) in [6.07, 6.45) is 5.74. The number of rotatable bonds is 9. The number of methoxy groups -OCH3 is 2. The fourth-order valence-electron chi connectivity index (χ4n) is 3.04. The van der Waals surface area contributed by atoms with E-state index in [9.17, 15) is 4.79 Å². The molecule has 1 N–H and O–H groups in total. The van der Waals surface area contributed by atoms with Crippen LogP contribution in [-0.4, -0.2) is 39.9 Å². The summed E-state index contributed by atoms with van der Waals surface area (Å²) in [6.45, 7) is 2.55. The van der Waals surface area contributed by atoms with Gasteiger partial charge in [0, 0.05) is 26.2 Å². The highest BCUT2D eigenvalue weighted by Gasteiger charge is 2.13. The van der Waals surface area contributed by atoms with E-state index in [-0.39, 0.29) is 5.91 Å². The Bertz CT molecular complexity index is 512. The lowest BCUT2D eigenvalue weighted by atomic mass is 9.95. The summed E-state index contributed by atoms with van der Waals surface area (Å²) < 4.78 is 15.9. The van der Waals surface area contributed by atoms with Crippen molar-refractivity contribution in [1.29, 1.82) is 0 Å². The Morgan fingerprint density at radius 2 is 1.96 bits per heavy atom. The predicted octanol–water partition coefficient (Wildman–Crippen LogP) is 2.96. The number of carbonyl (C=O) groups is 1. The number of benzene rings is 1. The van der Waals surface area contributed by atoms with Gasteiger partial charge in [-0.25, -0.2) is 0 Å². The van der Waals surface area contributed by atoms with Gasteiger partial charge in [-0.05, 0) is 55.7 Å². The summed E-state index contributed by atoms with van der Waals surface area (Å²) >= 11 is 0. The summed E-state index contributed by atoms with van der Waals surface area (Å²) in [4.78, 5) is 12.0. The lowest BCUT2D eigenvalue weighted by Gasteiger charge is -2.21. The SMILES string of the molecule is COc1ccc(CCC(=O)NCCCC2CCOCC2)cc1OC. The van der Waals surface area contributed by atoms with E-state index in [1.807, 2.05) is 18.2 Å². The van der Waals surface area contributed by atoms with Crippen molar-refractivity contribution < 1.29 is 19.0 Å². The first-order valence-corrected chi connectivity index (χ1v) is 8.78. The van der Waals surface area contributed by atoms with Gasteiger partial charge >= 0.3 is 0 Å². The van der Waals surface area contributed by atoms with Crippen LogP contribution in [0.4, 0.5) is 0 Å². The van der Waals surface area contributed by atoms with Crippen LogP contribution >= 0.6 is 0 Å². The van der Waals surface area contributed by atoms with Crippen LogP contribution in [0.1, 0.15) is 37.7 Å². The molecule has 1 heterocycles. The average Bonchev–Trinajstić information content (AvgIpc) is 2.64. The minimum Gasteiger partial charge on any atom is -0.493 e. The molecule has 1 fully saturated rings. The van der Waals surface area contributed by atoms with Gasteiger partial charge in [0.25, 0.3) is 0 Å². The van der Waals surface area contributed by atoms with Crippen LogP contribution in [0.5, 0.6) is 11.5 Å². The third-order valence-electron chi connectivity index (χ3n) is 4.54. The Morgan fingerprint density at radius 1 is 1.21 bits per heavy atom. The molecule has 24 heavy (non-hydrogen) atoms. The molecule has 5 nitrogen and oxygen atoms in total. The minimum absolute atomic E-state index is 0.108. The van der Waals surface area contributed by atoms with Crippen molar-refractivity contribution in [2.45, 2.75) is 38.5 Å². The summed E-state index contributed by atoms with van der Waals surface area (Å²) in [5.74, 6) is 2.28. The Hall–Kier alpha value is -1.75. The number of nitrogens with one attached hydrogen (secondary N) is 1. The Labute approximate surface area is 144 Å². The highest BCUT2D eigenvalue weighted by Crippen LogP contribution is 2.27. The molecule has 1 aromatic rings. The molecule has 0 aliphatic carbocycles. The molecule has 134 valence electrons. The summed E-state index contributed by atoms with van der Waals surface area (Å²) in [6, 6.07) is 5.77. The highest BCUT2D eigenvalue weighted by molar-refractivity contribution is 5.76. The second-order valence-electron chi connectivity index (χ2n) is 6.24. The molecule has 0 saturated carbocycles. The summed E-state index contributed by atoms with van der Waals surface area (Å²) in [5, 5.41) is 3.02. The van der Waals surface area contributed by atoms with Crippen molar-refractivity contribution in [3.8, 4) is 11.5 Å². The van der Waals surface area contributed by atoms with Crippen LogP contribution in [0.25, 0.3) is 0 Å². The summed E-state index contributed by atoms with van der Waals surface area (Å²) in [5.41, 5.74) is 1.07. The molecule has 1 saturated heterocycles. The van der Waals surface area contributed by atoms with Crippen molar-refractivity contribution in [2.24, 2.45) is 5.92 Å². The zero-order valence-corrected chi connectivity index (χ0v) is 14.8. The largest absolute Gasteiger partial charge is 0.493 e. The fourth-order valence-corrected chi connectivity index (χ4v) is 3.04. The molecule has 1 aliphatic heterocycles. The predicted molar refractivity (Wildman–Crippen MR) is 93.7 cm³/mol. The number of hydrogen-bond donors (Lipinski definition) is 1. The quantitative estimate of drug-likeness (QED) is 0.705. The monoisotopic (exact) mass is 335 g/mol. The first kappa shape index (κ1) is 18.6. The number of carbonyl (C=O) groups excluding carboxylic acids is 1. The van der Waals surface area contributed by atoms with E-state index in [2.05, 4.69) is 5.32 Å². The molecule has 0 bridgehead atoms. The molecule has 0 unspecified atom stereocenters. The molecule has 1 amide bonds. The van der Waals surface area contributed by atoms with Gasteiger partial charge in [0.1, 0.15) is 0 Å². The van der Waals surface area contributed by atoms with E-state index < -0.39 is 0 Å². The first-order chi connectivity index (χ1) is 11.7. The minimum atomic E-state index is 0.108. The van der Waals surface area contributed by atoms with Crippen molar-refractivity contribution in [2.75, 3.05) is 34.0 Å². The third-order valence-corrected chi connectivity index (χ3v) is 4.54. The lowest BCUT2D eigenvalue weighted by molar-refractivity contribution is -0.121. The van der Waals surface area contributed by atoms with Gasteiger partial charge < -0.3 is 19.5 Å². The Morgan fingerprint density at radius 3 is 2.67 bits per heavy atom. The van der Waals surface area contributed by atoms with Gasteiger partial charge in [-0.15, -0.1) is 0 Å². The molecule has 1 aromatic carbocycles. The second-order valence-corrected chi connectivity index (χ2v) is 6.24. The number of amides is 1. The lowest BCUT2D eigenvalue weighted by Crippen LogP contribution is -2.25. The maximum Gasteiger partial charge on any atom is 0.220 e. The maximum absolute atomic E-state index is 12.0. The number of aryl methyl sites for hydroxylation is 1. The van der Waals surface area contributed by atoms with Gasteiger partial charge in [0.15, 0.2) is 11.5 Å². The van der Waals surface area contributed by atoms with Crippen molar-refractivity contribution in [1.82, 2.24) is 5.32 Å². The second kappa shape index (κ2) is 10.2. The Balaban J connectivity index is 1.63. The standard InChI is InChI=1S/C19H29NO4/c1-22-17-7-5-16(14-18(17)23-2)6-8-19(21)20-11-3-4-15-9-12-24-13-10-15/h5,7,14-15H,3-4,6,8-13H2,1-2H3,(H,20,21). The van der Waals surface area contributed by atoms with Gasteiger partial charge in [-0.2, -0.15) is 0 Å². The molecule has 0 aromatic heterocycles. The Kier molecular flexibility index (Phi) is 7.89. The molecule has 2 rings (SSSR count). The van der Waals surface area contributed by atoms with Crippen molar-refractivity contribution >= 4 is 5.91 Å². The van der Waals surface area contributed by atoms with Gasteiger partial charge in [-0.3, -0.25) is 4.79 Å². The number of hydrogen-bond acceptors (Lipinski definition) is 4. The number of ether oxygens (including phenoxy) is 3. The zero-order valence-electron chi connectivity index (χ0n) is 14.8. The van der Waals surface area contributed by atoms with Crippen LogP contribution in [0.3, 0.4) is 0 Å². The molecule has 1 aliphatic rings. The van der Waals surface area contributed by atoms with E-state index in [0.29, 0.717) is 24.3 Å². The van der Waals surface area contributed by atoms with Crippen LogP contribution in [0, 0.1) is 5.92 Å². The van der Waals surface area contributed by atoms with E-state index in [0.717, 1.165) is 50.5 Å². The van der Waals surface area contributed by atoms with Crippen LogP contribution in [0.15, 0.2) is 18.2 Å². The zero-order chi connectivity index (χ0) is 17.2. The average molecular weight is 335 g/mol. The molecule has 0 atom stereocenters. The molecule has 5 heteroatoms. The highest BCUT2D eigenvalue weighted by atomic mass is 16.5. The van der Waals surface area contributed by atoms with Crippen molar-refractivity contribution in [3.63, 3.8) is 0 Å². The summed E-state index contributed by atoms with van der Waals surface area (Å²) in [7, 11) is 3.23. The third kappa shape index (κ3) is 6.04. The first-order valence-electron chi connectivity index (χ1n) is 8.78. The van der Waals surface area contributed by atoms with Gasteiger partial charge in [0.2, 0.25) is 5.91 Å². The molecule has 0 radical (unpaired) electrons. The smallest absolute Gasteiger partial charge is 0.220 e. The van der Waals surface area contributed by atoms with E-state index in [1.165, 1.54) is 6.42 Å². The molecular formula is C19H29NO4. The van der Waals surface area contributed by atoms with E-state index in [1.54, 1.807) is 14.2 Å². The fraction of sp³-hybridized carbons (Fsp3) is 0.632. The molecule has 0 spiro atoms. The molecular weight excluding hydrogens is 306 g/mol. The van der Waals surface area contributed by atoms with Gasteiger partial charge in [-0.1, -0.05) is 6.07 Å². The van der Waals surface area contributed by atoms with Gasteiger partial charge in [0.05, 0.1) is 14.2 Å². The van der Waals surface area contributed by atoms with Crippen LogP contribution < -0.4 is 14.8 Å². The van der Waals surface area contributed by atoms with E-state index >= 15 is 0 Å². The van der Waals surface area contributed by atoms with Crippen molar-refractivity contribution in [3.05, 3.63) is 23.8 Å². The topological polar surface area (TPSA) is 56.8 Å². The maximum atomic E-state index is 12.0. The van der Waals surface area contributed by atoms with Crippen LogP contribution in [0.2, 0.25) is 0 Å². The normalized spacial score (nSPS) is 15.1. The van der Waals surface area contributed by atoms with E-state index in [4.69, 9.17) is 14.2 Å². The van der Waals surface area contributed by atoms with Crippen LogP contribution in [-0.2, 0) is 16.0 Å².